The van der Waals surface area contributed by atoms with Gasteiger partial charge in [0.15, 0.2) is 0 Å². The minimum Gasteiger partial charge on any atom is -0.444 e. The number of halogens is 1. The Morgan fingerprint density at radius 2 is 2.09 bits per heavy atom. The fourth-order valence-electron chi connectivity index (χ4n) is 4.27. The average Bonchev–Trinajstić information content (AvgIpc) is 3.17. The van der Waals surface area contributed by atoms with Crippen LogP contribution in [0.2, 0.25) is 5.02 Å². The molecule has 3 aromatic rings. The molecule has 1 amide bonds. The Morgan fingerprint density at radius 3 is 2.83 bits per heavy atom. The second kappa shape index (κ2) is 9.25. The van der Waals surface area contributed by atoms with Crippen molar-refractivity contribution in [3.8, 4) is 11.3 Å². The maximum absolute atomic E-state index is 12.2. The molecule has 0 spiro atoms. The predicted molar refractivity (Wildman–Crippen MR) is 131 cm³/mol. The molecule has 35 heavy (non-hydrogen) atoms. The first-order valence-corrected chi connectivity index (χ1v) is 12.1. The van der Waals surface area contributed by atoms with Gasteiger partial charge in [0.1, 0.15) is 5.60 Å². The standard InChI is InChI=1S/C24H29ClN6O4/c1-24(2,3)35-23(33)30-10-15(11-30)14-4-5-19-16(8-27-31(19)12-14)21-17(25)9-26-22(29-21)28-18-6-7-34-13-20(18)32/h4-5,8-9,12,15,18,20,32H,6-7,10-11,13H2,1-3H3,(H,26,28,29)/t18-,20-/m1/s1. The van der Waals surface area contributed by atoms with E-state index in [1.807, 2.05) is 39.1 Å². The quantitative estimate of drug-likeness (QED) is 0.560. The van der Waals surface area contributed by atoms with E-state index in [1.54, 1.807) is 21.8 Å². The van der Waals surface area contributed by atoms with Crippen molar-refractivity contribution in [3.05, 3.63) is 41.3 Å². The van der Waals surface area contributed by atoms with E-state index in [-0.39, 0.29) is 24.7 Å². The lowest BCUT2D eigenvalue weighted by molar-refractivity contribution is -0.0136. The number of rotatable bonds is 4. The van der Waals surface area contributed by atoms with E-state index in [0.29, 0.717) is 42.8 Å². The van der Waals surface area contributed by atoms with E-state index in [0.717, 1.165) is 16.6 Å². The molecule has 2 atom stereocenters. The van der Waals surface area contributed by atoms with Crippen molar-refractivity contribution in [2.24, 2.45) is 0 Å². The highest BCUT2D eigenvalue weighted by molar-refractivity contribution is 6.33. The van der Waals surface area contributed by atoms with Crippen molar-refractivity contribution < 1.29 is 19.4 Å². The van der Waals surface area contributed by atoms with Gasteiger partial charge in [-0.05, 0) is 38.8 Å². The van der Waals surface area contributed by atoms with Gasteiger partial charge in [-0.15, -0.1) is 0 Å². The molecule has 0 aliphatic carbocycles. The van der Waals surface area contributed by atoms with Crippen LogP contribution in [0.4, 0.5) is 10.7 Å². The van der Waals surface area contributed by atoms with E-state index < -0.39 is 11.7 Å². The number of fused-ring (bicyclic) bond motifs is 1. The molecule has 11 heteroatoms. The lowest BCUT2D eigenvalue weighted by Gasteiger charge is -2.40. The van der Waals surface area contributed by atoms with Crippen LogP contribution >= 0.6 is 11.6 Å². The number of ether oxygens (including phenoxy) is 2. The van der Waals surface area contributed by atoms with Crippen molar-refractivity contribution in [1.82, 2.24) is 24.5 Å². The average molecular weight is 501 g/mol. The highest BCUT2D eigenvalue weighted by atomic mass is 35.5. The summed E-state index contributed by atoms with van der Waals surface area (Å²) >= 11 is 6.46. The molecule has 0 radical (unpaired) electrons. The van der Waals surface area contributed by atoms with Crippen LogP contribution < -0.4 is 5.32 Å². The molecule has 0 unspecified atom stereocenters. The molecule has 10 nitrogen and oxygen atoms in total. The Morgan fingerprint density at radius 1 is 1.29 bits per heavy atom. The van der Waals surface area contributed by atoms with Crippen LogP contribution in [-0.4, -0.2) is 79.7 Å². The molecular weight excluding hydrogens is 472 g/mol. The third-order valence-electron chi connectivity index (χ3n) is 6.18. The number of nitrogens with zero attached hydrogens (tertiary/aromatic N) is 5. The summed E-state index contributed by atoms with van der Waals surface area (Å²) in [5.74, 6) is 0.618. The monoisotopic (exact) mass is 500 g/mol. The van der Waals surface area contributed by atoms with E-state index >= 15 is 0 Å². The van der Waals surface area contributed by atoms with Crippen LogP contribution in [0.25, 0.3) is 16.8 Å². The topological polar surface area (TPSA) is 114 Å². The van der Waals surface area contributed by atoms with Gasteiger partial charge in [0.05, 0.1) is 47.4 Å². The summed E-state index contributed by atoms with van der Waals surface area (Å²) in [6, 6.07) is 3.85. The summed E-state index contributed by atoms with van der Waals surface area (Å²) in [6.45, 7) is 7.67. The zero-order chi connectivity index (χ0) is 24.7. The largest absolute Gasteiger partial charge is 0.444 e. The Hall–Kier alpha value is -2.95. The van der Waals surface area contributed by atoms with Gasteiger partial charge in [-0.3, -0.25) is 0 Å². The normalized spacial score (nSPS) is 21.1. The van der Waals surface area contributed by atoms with Gasteiger partial charge in [-0.1, -0.05) is 17.7 Å². The maximum atomic E-state index is 12.2. The number of aliphatic hydroxyl groups excluding tert-OH is 1. The van der Waals surface area contributed by atoms with Crippen molar-refractivity contribution in [1.29, 1.82) is 0 Å². The minimum absolute atomic E-state index is 0.188. The smallest absolute Gasteiger partial charge is 0.410 e. The first kappa shape index (κ1) is 23.8. The van der Waals surface area contributed by atoms with Gasteiger partial charge < -0.3 is 24.8 Å². The molecule has 0 saturated carbocycles. The van der Waals surface area contributed by atoms with Gasteiger partial charge in [-0.2, -0.15) is 5.10 Å². The van der Waals surface area contributed by atoms with Crippen LogP contribution in [0.1, 0.15) is 38.7 Å². The van der Waals surface area contributed by atoms with Crippen molar-refractivity contribution in [3.63, 3.8) is 0 Å². The number of hydrogen-bond acceptors (Lipinski definition) is 8. The maximum Gasteiger partial charge on any atom is 0.410 e. The molecule has 2 fully saturated rings. The summed E-state index contributed by atoms with van der Waals surface area (Å²) < 4.78 is 12.5. The molecule has 186 valence electrons. The molecule has 2 N–H and O–H groups in total. The number of hydrogen-bond donors (Lipinski definition) is 2. The van der Waals surface area contributed by atoms with E-state index in [2.05, 4.69) is 20.4 Å². The van der Waals surface area contributed by atoms with Crippen molar-refractivity contribution in [2.45, 2.75) is 50.9 Å². The molecule has 5 heterocycles. The summed E-state index contributed by atoms with van der Waals surface area (Å²) in [5.41, 5.74) is 2.79. The Kier molecular flexibility index (Phi) is 6.29. The van der Waals surface area contributed by atoms with Crippen molar-refractivity contribution >= 4 is 29.2 Å². The SMILES string of the molecule is CC(C)(C)OC(=O)N1CC(c2ccc3c(-c4nc(N[C@@H]5CCOC[C@H]5O)ncc4Cl)cnn3c2)C1. The van der Waals surface area contributed by atoms with E-state index in [4.69, 9.17) is 21.1 Å². The van der Waals surface area contributed by atoms with Crippen LogP contribution in [0.3, 0.4) is 0 Å². The number of carbonyl (C=O) groups excluding carboxylic acids is 1. The number of likely N-dealkylation sites (tertiary alicyclic amines) is 1. The van der Waals surface area contributed by atoms with Gasteiger partial charge in [-0.25, -0.2) is 19.3 Å². The van der Waals surface area contributed by atoms with Gasteiger partial charge in [0.25, 0.3) is 0 Å². The van der Waals surface area contributed by atoms with Gasteiger partial charge in [0, 0.05) is 37.4 Å². The predicted octanol–water partition coefficient (Wildman–Crippen LogP) is 3.34. The summed E-state index contributed by atoms with van der Waals surface area (Å²) in [4.78, 5) is 22.8. The van der Waals surface area contributed by atoms with Gasteiger partial charge >= 0.3 is 6.09 Å². The summed E-state index contributed by atoms with van der Waals surface area (Å²) in [6.07, 6.45) is 5.01. The number of nitrogens with one attached hydrogen (secondary N) is 1. The third-order valence-corrected chi connectivity index (χ3v) is 6.46. The molecule has 0 aromatic carbocycles. The number of amides is 1. The number of anilines is 1. The Balaban J connectivity index is 1.32. The highest BCUT2D eigenvalue weighted by Crippen LogP contribution is 2.33. The van der Waals surface area contributed by atoms with Crippen LogP contribution in [0, 0.1) is 0 Å². The van der Waals surface area contributed by atoms with Crippen LogP contribution in [0.5, 0.6) is 0 Å². The Bertz CT molecular complexity index is 1240. The van der Waals surface area contributed by atoms with Gasteiger partial charge in [0.2, 0.25) is 5.95 Å². The highest BCUT2D eigenvalue weighted by Gasteiger charge is 2.35. The van der Waals surface area contributed by atoms with E-state index in [9.17, 15) is 9.90 Å². The first-order valence-electron chi connectivity index (χ1n) is 11.7. The number of carbonyl (C=O) groups is 1. The van der Waals surface area contributed by atoms with Crippen molar-refractivity contribution in [2.75, 3.05) is 31.6 Å². The molecule has 0 bridgehead atoms. The third kappa shape index (κ3) is 5.05. The summed E-state index contributed by atoms with van der Waals surface area (Å²) in [7, 11) is 0. The lowest BCUT2D eigenvalue weighted by atomic mass is 9.93. The first-order chi connectivity index (χ1) is 16.7. The van der Waals surface area contributed by atoms with E-state index in [1.165, 1.54) is 0 Å². The molecule has 5 rings (SSSR count). The number of pyridine rings is 1. The number of aliphatic hydroxyl groups is 1. The molecule has 2 saturated heterocycles. The minimum atomic E-state index is -0.625. The second-order valence-electron chi connectivity index (χ2n) is 10.0. The molecule has 3 aromatic heterocycles. The van der Waals surface area contributed by atoms with Crippen LogP contribution in [0.15, 0.2) is 30.7 Å². The Labute approximate surface area is 208 Å². The summed E-state index contributed by atoms with van der Waals surface area (Å²) in [5, 5.41) is 18.3. The molecule has 2 aliphatic heterocycles. The van der Waals surface area contributed by atoms with Crippen LogP contribution in [-0.2, 0) is 9.47 Å². The zero-order valence-corrected chi connectivity index (χ0v) is 20.7. The lowest BCUT2D eigenvalue weighted by Crippen LogP contribution is -2.50. The fraction of sp³-hybridized carbons (Fsp3) is 0.500. The second-order valence-corrected chi connectivity index (χ2v) is 10.4. The fourth-order valence-corrected chi connectivity index (χ4v) is 4.46. The zero-order valence-electron chi connectivity index (χ0n) is 19.9. The molecular formula is C24H29ClN6O4. The number of aromatic nitrogens is 4. The molecule has 2 aliphatic rings.